The van der Waals surface area contributed by atoms with Crippen LogP contribution in [0.2, 0.25) is 5.02 Å². The number of amides is 2. The Bertz CT molecular complexity index is 2800. The number of fused-ring (bicyclic) bond motifs is 4. The molecule has 1 N–H and O–H groups in total. The summed E-state index contributed by atoms with van der Waals surface area (Å²) in [7, 11) is 1.79. The Morgan fingerprint density at radius 2 is 1.77 bits per heavy atom. The molecule has 366 valence electrons. The van der Waals surface area contributed by atoms with Crippen molar-refractivity contribution in [3.8, 4) is 22.9 Å². The second-order valence-corrected chi connectivity index (χ2v) is 20.8. The zero-order chi connectivity index (χ0) is 48.2. The van der Waals surface area contributed by atoms with Gasteiger partial charge in [0.15, 0.2) is 17.3 Å². The van der Waals surface area contributed by atoms with E-state index in [-0.39, 0.29) is 35.6 Å². The van der Waals surface area contributed by atoms with Crippen molar-refractivity contribution in [3.63, 3.8) is 0 Å². The average Bonchev–Trinajstić information content (AvgIpc) is 3.97. The summed E-state index contributed by atoms with van der Waals surface area (Å²) in [5.41, 5.74) is 5.97. The lowest BCUT2D eigenvalue weighted by Gasteiger charge is -2.54. The first-order chi connectivity index (χ1) is 34.0. The molecule has 2 amide bonds. The highest BCUT2D eigenvalue weighted by atomic mass is 35.5. The molecule has 5 aliphatic heterocycles. The Labute approximate surface area is 411 Å². The second kappa shape index (κ2) is 19.2. The maximum absolute atomic E-state index is 14.8. The van der Waals surface area contributed by atoms with Crippen molar-refractivity contribution >= 4 is 40.7 Å². The van der Waals surface area contributed by atoms with Crippen molar-refractivity contribution in [3.05, 3.63) is 93.5 Å². The van der Waals surface area contributed by atoms with Crippen molar-refractivity contribution in [2.45, 2.75) is 102 Å². The van der Waals surface area contributed by atoms with Gasteiger partial charge in [0.05, 0.1) is 35.5 Å². The lowest BCUT2D eigenvalue weighted by atomic mass is 9.66. The summed E-state index contributed by atoms with van der Waals surface area (Å²) < 4.78 is 39.7. The fourth-order valence-corrected chi connectivity index (χ4v) is 12.5. The fraction of sp³-hybridized carbons (Fsp3) is 0.519. The minimum atomic E-state index is -2.66. The number of hydrogen-bond donors (Lipinski definition) is 1. The summed E-state index contributed by atoms with van der Waals surface area (Å²) >= 11 is 6.18. The number of hydrogen-bond acceptors (Lipinski definition) is 11. The molecule has 18 heteroatoms. The van der Waals surface area contributed by atoms with E-state index in [1.165, 1.54) is 12.1 Å². The highest BCUT2D eigenvalue weighted by Crippen LogP contribution is 2.51. The van der Waals surface area contributed by atoms with Crippen LogP contribution in [0.4, 0.5) is 26.1 Å². The van der Waals surface area contributed by atoms with Gasteiger partial charge in [-0.3, -0.25) is 19.0 Å². The van der Waals surface area contributed by atoms with Crippen LogP contribution in [0.15, 0.2) is 54.9 Å². The average molecular weight is 974 g/mol. The van der Waals surface area contributed by atoms with Crippen LogP contribution in [0.3, 0.4) is 0 Å². The van der Waals surface area contributed by atoms with Crippen LogP contribution < -0.4 is 19.9 Å². The van der Waals surface area contributed by atoms with Crippen molar-refractivity contribution in [1.82, 2.24) is 44.9 Å². The minimum Gasteiger partial charge on any atom is -0.490 e. The lowest BCUT2D eigenvalue weighted by Crippen LogP contribution is -2.57. The number of ether oxygens (including phenoxy) is 1. The van der Waals surface area contributed by atoms with E-state index in [4.69, 9.17) is 26.7 Å². The van der Waals surface area contributed by atoms with Crippen molar-refractivity contribution in [2.24, 2.45) is 24.8 Å². The molecule has 1 unspecified atom stereocenters. The molecule has 0 radical (unpaired) electrons. The maximum Gasteiger partial charge on any atom is 0.272 e. The second-order valence-electron chi connectivity index (χ2n) is 20.4. The molecule has 2 saturated carbocycles. The van der Waals surface area contributed by atoms with Gasteiger partial charge < -0.3 is 29.7 Å². The van der Waals surface area contributed by atoms with Gasteiger partial charge in [0, 0.05) is 113 Å². The van der Waals surface area contributed by atoms with E-state index in [1.807, 2.05) is 17.0 Å². The van der Waals surface area contributed by atoms with Gasteiger partial charge in [-0.2, -0.15) is 15.5 Å². The molecular weight excluding hydrogens is 914 g/mol. The SMILES string of the molecule is CC(=O)N1CCc2c(c(N3CCCc4cc(-c5cnn(C)c5)c(C(F)F)cc43)nn2C2[C@@H]3C[C@H]2CN(CC2CCN(c4ccc(C(=O)NC5CCC(Oc6ccc(C#N)c(Cl)c6)CC5)nn4)CC2)C3)C1. The van der Waals surface area contributed by atoms with E-state index in [2.05, 4.69) is 46.1 Å². The Hall–Kier alpha value is -6.12. The number of benzene rings is 2. The molecule has 0 spiro atoms. The molecule has 2 aliphatic carbocycles. The van der Waals surface area contributed by atoms with Gasteiger partial charge in [0.25, 0.3) is 12.3 Å². The Morgan fingerprint density at radius 1 is 0.971 bits per heavy atom. The normalized spacial score (nSPS) is 23.6. The van der Waals surface area contributed by atoms with E-state index in [0.717, 1.165) is 119 Å². The number of carbonyl (C=O) groups is 2. The van der Waals surface area contributed by atoms with Crippen LogP contribution in [-0.2, 0) is 31.2 Å². The molecule has 2 bridgehead atoms. The van der Waals surface area contributed by atoms with Crippen LogP contribution in [0.1, 0.15) is 109 Å². The molecule has 3 saturated heterocycles. The zero-order valence-electron chi connectivity index (χ0n) is 39.7. The fourth-order valence-electron chi connectivity index (χ4n) is 12.3. The number of alkyl halides is 2. The number of nitrogens with zero attached hydrogens (tertiary/aromatic N) is 11. The number of aromatic nitrogens is 6. The highest BCUT2D eigenvalue weighted by molar-refractivity contribution is 6.31. The smallest absolute Gasteiger partial charge is 0.272 e. The number of carbonyl (C=O) groups excluding carboxylic acids is 2. The van der Waals surface area contributed by atoms with Gasteiger partial charge in [-0.1, -0.05) is 11.6 Å². The summed E-state index contributed by atoms with van der Waals surface area (Å²) in [4.78, 5) is 34.9. The largest absolute Gasteiger partial charge is 0.490 e. The van der Waals surface area contributed by atoms with Gasteiger partial charge in [-0.15, -0.1) is 10.2 Å². The monoisotopic (exact) mass is 972 g/mol. The van der Waals surface area contributed by atoms with Gasteiger partial charge >= 0.3 is 0 Å². The summed E-state index contributed by atoms with van der Waals surface area (Å²) in [6.45, 7) is 8.27. The molecule has 70 heavy (non-hydrogen) atoms. The third-order valence-electron chi connectivity index (χ3n) is 15.9. The molecular formula is C52H59ClF2N12O3. The highest BCUT2D eigenvalue weighted by Gasteiger charge is 2.50. The van der Waals surface area contributed by atoms with Crippen LogP contribution in [0, 0.1) is 29.1 Å². The van der Waals surface area contributed by atoms with Crippen LogP contribution >= 0.6 is 11.6 Å². The van der Waals surface area contributed by atoms with Crippen molar-refractivity contribution in [2.75, 3.05) is 55.6 Å². The summed E-state index contributed by atoms with van der Waals surface area (Å²) in [6, 6.07) is 14.8. The van der Waals surface area contributed by atoms with Crippen LogP contribution in [-0.4, -0.2) is 109 Å². The number of aryl methyl sites for hydroxylation is 2. The first-order valence-electron chi connectivity index (χ1n) is 25.0. The van der Waals surface area contributed by atoms with E-state index in [1.54, 1.807) is 61.4 Å². The number of halogens is 3. The molecule has 7 aliphatic rings. The van der Waals surface area contributed by atoms with E-state index >= 15 is 0 Å². The summed E-state index contributed by atoms with van der Waals surface area (Å²) in [6.07, 6.45) is 9.62. The number of anilines is 3. The van der Waals surface area contributed by atoms with Crippen LogP contribution in [0.25, 0.3) is 11.1 Å². The molecule has 3 aromatic heterocycles. The van der Waals surface area contributed by atoms with Gasteiger partial charge in [-0.05, 0) is 123 Å². The molecule has 5 fully saturated rings. The summed E-state index contributed by atoms with van der Waals surface area (Å²) in [5, 5.41) is 31.2. The predicted molar refractivity (Wildman–Crippen MR) is 260 cm³/mol. The Kier molecular flexibility index (Phi) is 12.7. The zero-order valence-corrected chi connectivity index (χ0v) is 40.5. The topological polar surface area (TPSA) is 154 Å². The standard InChI is InChI=1S/C52H59ClF2N12O3/c1-31(68)65-19-15-46-43(30-65)51(66-16-3-4-33-21-41(37-25-57-62(2)27-37)42(50(54)55)23-47(33)66)61-67(46)49-35-20-36(49)29-63(28-35)26-32-13-17-64(18-14-32)48-12-11-45(59-60-48)52(69)58-38-6-9-39(10-7-38)70-40-8-5-34(24-56)44(53)22-40/h5,8,11-12,21-23,25,27,32,35-36,38-39,49-50H,3-4,6-7,9-10,13-20,26,28-30H2,1-2H3,(H,58,69)/t35-,36+,38?,39?,49?. The number of nitriles is 1. The molecule has 5 aromatic rings. The van der Waals surface area contributed by atoms with Gasteiger partial charge in [0.2, 0.25) is 5.91 Å². The third kappa shape index (κ3) is 9.09. The van der Waals surface area contributed by atoms with Crippen molar-refractivity contribution < 1.29 is 23.1 Å². The van der Waals surface area contributed by atoms with Gasteiger partial charge in [-0.25, -0.2) is 8.78 Å². The maximum atomic E-state index is 14.8. The minimum absolute atomic E-state index is 0.00648. The number of nitrogens with one attached hydrogen (secondary N) is 1. The van der Waals surface area contributed by atoms with Crippen molar-refractivity contribution in [1.29, 1.82) is 5.26 Å². The van der Waals surface area contributed by atoms with E-state index in [9.17, 15) is 18.4 Å². The van der Waals surface area contributed by atoms with E-state index < -0.39 is 6.43 Å². The Morgan fingerprint density at radius 3 is 2.46 bits per heavy atom. The van der Waals surface area contributed by atoms with Gasteiger partial charge in [0.1, 0.15) is 11.8 Å². The first-order valence-corrected chi connectivity index (χ1v) is 25.4. The number of rotatable bonds is 11. The van der Waals surface area contributed by atoms with Crippen LogP contribution in [0.5, 0.6) is 5.75 Å². The molecule has 8 heterocycles. The molecule has 2 aromatic carbocycles. The predicted octanol–water partition coefficient (Wildman–Crippen LogP) is 8.05. The quantitative estimate of drug-likeness (QED) is 0.137. The Balaban J connectivity index is 0.694. The molecule has 15 nitrogen and oxygen atoms in total. The molecule has 12 rings (SSSR count). The first kappa shape index (κ1) is 46.3. The van der Waals surface area contributed by atoms with E-state index in [0.29, 0.717) is 70.5 Å². The lowest BCUT2D eigenvalue weighted by molar-refractivity contribution is -0.129. The summed E-state index contributed by atoms with van der Waals surface area (Å²) in [5.74, 6) is 3.57. The third-order valence-corrected chi connectivity index (χ3v) is 16.2. The molecule has 3 atom stereocenters. The number of piperidine rings is 3.